The van der Waals surface area contributed by atoms with E-state index in [1.165, 1.54) is 26.7 Å². The van der Waals surface area contributed by atoms with Crippen LogP contribution in [-0.2, 0) is 32.6 Å². The van der Waals surface area contributed by atoms with Gasteiger partial charge >= 0.3 is 157 Å². The number of benzene rings is 3. The summed E-state index contributed by atoms with van der Waals surface area (Å²) in [5.74, 6) is 0.634. The summed E-state index contributed by atoms with van der Waals surface area (Å²) >= 11 is -1.65. The van der Waals surface area contributed by atoms with Gasteiger partial charge in [0.15, 0.2) is 0 Å². The largest absolute Gasteiger partial charge is 0 e. The Morgan fingerprint density at radius 3 is 2.58 bits per heavy atom. The summed E-state index contributed by atoms with van der Waals surface area (Å²) in [6, 6.07) is 24.9. The summed E-state index contributed by atoms with van der Waals surface area (Å²) in [6.45, 7) is 0. The second-order valence-corrected chi connectivity index (χ2v) is 14.4. The average molecular weight is 519 g/mol. The molecule has 3 aromatic rings. The molecule has 2 heteroatoms. The summed E-state index contributed by atoms with van der Waals surface area (Å²) in [4.78, 5) is 2.59. The van der Waals surface area contributed by atoms with Gasteiger partial charge in [0.25, 0.3) is 0 Å². The molecule has 0 saturated heterocycles. The van der Waals surface area contributed by atoms with Crippen LogP contribution in [0.3, 0.4) is 0 Å². The monoisotopic (exact) mass is 519 g/mol. The second-order valence-electron chi connectivity index (χ2n) is 7.24. The van der Waals surface area contributed by atoms with Gasteiger partial charge in [-0.25, -0.2) is 0 Å². The molecule has 0 aromatic heterocycles. The van der Waals surface area contributed by atoms with Crippen molar-refractivity contribution >= 4 is 29.4 Å². The van der Waals surface area contributed by atoms with E-state index in [1.54, 1.807) is 14.7 Å². The molecule has 1 unspecified atom stereocenters. The smallest absolute Gasteiger partial charge is 0 e. The van der Waals surface area contributed by atoms with Gasteiger partial charge < -0.3 is 0 Å². The van der Waals surface area contributed by atoms with Crippen molar-refractivity contribution in [2.45, 2.75) is 21.7 Å². The first-order valence-electron chi connectivity index (χ1n) is 9.11. The molecular formula is C24H21SnZr. The molecule has 0 bridgehead atoms. The standard InChI is InChI=1S/C13H9.C10H9.CH3.Sn.Zr/c1-3-7-12-10(5-1)9-11-6-2-4-8-13(11)12;1-8-6-7-9-4-2-3-5-10(8)9;;;/h1-5,7-8H,9H2;2-8H,1H2;1H3;;. The van der Waals surface area contributed by atoms with Gasteiger partial charge in [-0.2, -0.15) is 0 Å². The van der Waals surface area contributed by atoms with Crippen molar-refractivity contribution in [2.75, 3.05) is 0 Å². The fourth-order valence-electron chi connectivity index (χ4n) is 4.50. The Kier molecular flexibility index (Phi) is 5.39. The first-order chi connectivity index (χ1) is 12.3. The summed E-state index contributed by atoms with van der Waals surface area (Å²) in [7, 11) is 0. The van der Waals surface area contributed by atoms with Gasteiger partial charge in [-0.3, -0.25) is 0 Å². The van der Waals surface area contributed by atoms with Crippen LogP contribution >= 0.6 is 0 Å². The second kappa shape index (κ2) is 7.60. The predicted molar refractivity (Wildman–Crippen MR) is 109 cm³/mol. The van der Waals surface area contributed by atoms with Crippen LogP contribution in [0.1, 0.15) is 28.2 Å². The maximum Gasteiger partial charge on any atom is 0 e. The molecule has 0 amide bonds. The van der Waals surface area contributed by atoms with Gasteiger partial charge in [0.05, 0.1) is 0 Å². The van der Waals surface area contributed by atoms with E-state index in [0.717, 1.165) is 6.42 Å². The molecule has 1 atom stereocenters. The van der Waals surface area contributed by atoms with E-state index in [1.807, 2.05) is 0 Å². The van der Waals surface area contributed by atoms with E-state index in [4.69, 9.17) is 0 Å². The molecule has 0 nitrogen and oxygen atoms in total. The Bertz CT molecular complexity index is 989. The molecule has 2 aliphatic rings. The summed E-state index contributed by atoms with van der Waals surface area (Å²) in [5, 5.41) is 0. The van der Waals surface area contributed by atoms with E-state index in [0.29, 0.717) is 5.92 Å². The average Bonchev–Trinajstić information content (AvgIpc) is 3.23. The van der Waals surface area contributed by atoms with Crippen LogP contribution in [0.4, 0.5) is 0 Å². The predicted octanol–water partition coefficient (Wildman–Crippen LogP) is 5.40. The van der Waals surface area contributed by atoms with Gasteiger partial charge in [0, 0.05) is 26.2 Å². The zero-order chi connectivity index (χ0) is 16.8. The number of fused-ring (bicyclic) bond motifs is 4. The quantitative estimate of drug-likeness (QED) is 0.318. The number of allylic oxidation sites excluding steroid dienone is 1. The molecule has 26 heavy (non-hydrogen) atoms. The van der Waals surface area contributed by atoms with Crippen molar-refractivity contribution < 1.29 is 26.2 Å². The molecule has 0 saturated carbocycles. The van der Waals surface area contributed by atoms with Crippen LogP contribution in [0.25, 0.3) is 17.2 Å². The first kappa shape index (κ1) is 18.4. The third-order valence-electron chi connectivity index (χ3n) is 5.74. The molecule has 0 aliphatic heterocycles. The van der Waals surface area contributed by atoms with Gasteiger partial charge in [-0.1, -0.05) is 0 Å². The Morgan fingerprint density at radius 2 is 1.65 bits per heavy atom. The summed E-state index contributed by atoms with van der Waals surface area (Å²) in [5.41, 5.74) is 9.06. The number of hydrogen-bond acceptors (Lipinski definition) is 0. The van der Waals surface area contributed by atoms with Crippen LogP contribution in [0.2, 0.25) is 9.38 Å². The van der Waals surface area contributed by atoms with E-state index >= 15 is 0 Å². The topological polar surface area (TPSA) is 0 Å². The Morgan fingerprint density at radius 1 is 0.885 bits per heavy atom. The zero-order valence-electron chi connectivity index (χ0n) is 15.0. The fourth-order valence-corrected chi connectivity index (χ4v) is 11.2. The Hall–Kier alpha value is -0.918. The Balaban J connectivity index is 0.00000168. The van der Waals surface area contributed by atoms with Crippen molar-refractivity contribution in [3.8, 4) is 11.1 Å². The molecule has 1 radical (unpaired) electrons. The van der Waals surface area contributed by atoms with E-state index < -0.39 is 19.8 Å². The first-order valence-corrected chi connectivity index (χ1v) is 15.4. The fraction of sp³-hybridized carbons (Fsp3) is 0.167. The maximum atomic E-state index is 2.59. The summed E-state index contributed by atoms with van der Waals surface area (Å²) in [6.07, 6.45) is 5.89. The van der Waals surface area contributed by atoms with Gasteiger partial charge in [-0.05, 0) is 0 Å². The molecule has 125 valence electrons. The van der Waals surface area contributed by atoms with Crippen LogP contribution in [0, 0.1) is 0 Å². The normalized spacial score (nSPS) is 16.2. The van der Waals surface area contributed by atoms with Crippen molar-refractivity contribution in [2.24, 2.45) is 0 Å². The van der Waals surface area contributed by atoms with Crippen molar-refractivity contribution in [1.29, 1.82) is 0 Å². The maximum absolute atomic E-state index is 2.59. The molecule has 0 fully saturated rings. The van der Waals surface area contributed by atoms with Gasteiger partial charge in [0.1, 0.15) is 0 Å². The van der Waals surface area contributed by atoms with Crippen molar-refractivity contribution in [1.82, 2.24) is 0 Å². The SMILES string of the molecule is [CH3][Sn]([CH2]C1C=Cc2ccccc21)[c]1cccc2c1Cc1ccccc1-2.[Zr]. The molecule has 2 aliphatic carbocycles. The molecular weight excluding hydrogens is 498 g/mol. The minimum absolute atomic E-state index is 0. The van der Waals surface area contributed by atoms with Gasteiger partial charge in [0.2, 0.25) is 0 Å². The zero-order valence-corrected chi connectivity index (χ0v) is 20.3. The minimum atomic E-state index is -1.65. The molecule has 5 rings (SSSR count). The van der Waals surface area contributed by atoms with Crippen molar-refractivity contribution in [3.05, 3.63) is 95.1 Å². The van der Waals surface area contributed by atoms with E-state index in [9.17, 15) is 0 Å². The molecule has 0 N–H and O–H groups in total. The van der Waals surface area contributed by atoms with Crippen LogP contribution in [0.5, 0.6) is 0 Å². The Labute approximate surface area is 182 Å². The van der Waals surface area contributed by atoms with E-state index in [-0.39, 0.29) is 26.2 Å². The molecule has 0 heterocycles. The molecule has 0 spiro atoms. The van der Waals surface area contributed by atoms with Crippen LogP contribution < -0.4 is 3.58 Å². The van der Waals surface area contributed by atoms with E-state index in [2.05, 4.69) is 83.8 Å². The van der Waals surface area contributed by atoms with Crippen molar-refractivity contribution in [3.63, 3.8) is 0 Å². The van der Waals surface area contributed by atoms with Gasteiger partial charge in [-0.15, -0.1) is 0 Å². The van der Waals surface area contributed by atoms with Crippen LogP contribution in [0.15, 0.2) is 72.8 Å². The number of hydrogen-bond donors (Lipinski definition) is 0. The third-order valence-corrected chi connectivity index (χ3v) is 12.7. The van der Waals surface area contributed by atoms with Crippen LogP contribution in [-0.4, -0.2) is 19.8 Å². The minimum Gasteiger partial charge on any atom is 0 e. The third kappa shape index (κ3) is 3.12. The summed E-state index contributed by atoms with van der Waals surface area (Å²) < 4.78 is 3.11. The number of rotatable bonds is 3. The molecule has 3 aromatic carbocycles.